The average molecular weight is 225 g/mol. The Morgan fingerprint density at radius 1 is 1.31 bits per heavy atom. The molecule has 16 heavy (non-hydrogen) atoms. The van der Waals surface area contributed by atoms with Crippen molar-refractivity contribution in [1.29, 1.82) is 0 Å². The Labute approximate surface area is 100.0 Å². The highest BCUT2D eigenvalue weighted by molar-refractivity contribution is 4.93. The fourth-order valence-corrected chi connectivity index (χ4v) is 3.40. The summed E-state index contributed by atoms with van der Waals surface area (Å²) in [5.41, 5.74) is 6.14. The van der Waals surface area contributed by atoms with Gasteiger partial charge < -0.3 is 10.6 Å². The van der Waals surface area contributed by atoms with Gasteiger partial charge in [-0.2, -0.15) is 0 Å². The van der Waals surface area contributed by atoms with E-state index in [1.807, 2.05) is 0 Å². The van der Waals surface area contributed by atoms with Crippen LogP contribution in [-0.4, -0.2) is 54.1 Å². The lowest BCUT2D eigenvalue weighted by Crippen LogP contribution is -2.53. The van der Waals surface area contributed by atoms with Gasteiger partial charge in [-0.15, -0.1) is 0 Å². The van der Waals surface area contributed by atoms with Crippen LogP contribution in [0.15, 0.2) is 0 Å². The van der Waals surface area contributed by atoms with Crippen LogP contribution in [0.1, 0.15) is 39.5 Å². The fraction of sp³-hybridized carbons (Fsp3) is 1.00. The molecule has 0 saturated carbocycles. The zero-order chi connectivity index (χ0) is 11.7. The van der Waals surface area contributed by atoms with Gasteiger partial charge in [-0.1, -0.05) is 6.42 Å². The standard InChI is InChI=1S/C13H27N3/c1-10-8-12(9-15(10)3)16-7-5-4-6-13(16)11(2)14/h10-13H,4-9,14H2,1-3H3. The number of rotatable bonds is 2. The van der Waals surface area contributed by atoms with E-state index in [1.165, 1.54) is 38.8 Å². The van der Waals surface area contributed by atoms with Crippen molar-refractivity contribution >= 4 is 0 Å². The molecule has 2 fully saturated rings. The van der Waals surface area contributed by atoms with Crippen LogP contribution in [0, 0.1) is 0 Å². The molecule has 3 nitrogen and oxygen atoms in total. The predicted octanol–water partition coefficient (Wildman–Crippen LogP) is 1.28. The molecule has 94 valence electrons. The summed E-state index contributed by atoms with van der Waals surface area (Å²) in [5.74, 6) is 0. The zero-order valence-corrected chi connectivity index (χ0v) is 11.0. The smallest absolute Gasteiger partial charge is 0.0247 e. The van der Waals surface area contributed by atoms with Crippen molar-refractivity contribution in [2.24, 2.45) is 5.73 Å². The molecule has 3 heteroatoms. The van der Waals surface area contributed by atoms with Gasteiger partial charge in [0.1, 0.15) is 0 Å². The van der Waals surface area contributed by atoms with Crippen molar-refractivity contribution < 1.29 is 0 Å². The zero-order valence-electron chi connectivity index (χ0n) is 11.0. The highest BCUT2D eigenvalue weighted by Gasteiger charge is 2.36. The molecule has 0 amide bonds. The minimum atomic E-state index is 0.321. The van der Waals surface area contributed by atoms with Crippen molar-refractivity contribution in [2.75, 3.05) is 20.1 Å². The molecule has 2 aliphatic heterocycles. The highest BCUT2D eigenvalue weighted by Crippen LogP contribution is 2.27. The molecule has 4 unspecified atom stereocenters. The number of likely N-dealkylation sites (N-methyl/N-ethyl adjacent to an activating group) is 1. The summed E-state index contributed by atoms with van der Waals surface area (Å²) < 4.78 is 0. The van der Waals surface area contributed by atoms with Gasteiger partial charge in [-0.05, 0) is 46.7 Å². The van der Waals surface area contributed by atoms with Crippen LogP contribution in [-0.2, 0) is 0 Å². The van der Waals surface area contributed by atoms with Crippen LogP contribution >= 0.6 is 0 Å². The third kappa shape index (κ3) is 2.41. The molecule has 0 radical (unpaired) electrons. The fourth-order valence-electron chi connectivity index (χ4n) is 3.40. The predicted molar refractivity (Wildman–Crippen MR) is 68.5 cm³/mol. The van der Waals surface area contributed by atoms with Crippen LogP contribution in [0.3, 0.4) is 0 Å². The van der Waals surface area contributed by atoms with E-state index in [0.29, 0.717) is 12.1 Å². The SMILES string of the molecule is CC(N)C1CCCCN1C1CC(C)N(C)C1. The molecule has 0 aliphatic carbocycles. The lowest BCUT2D eigenvalue weighted by molar-refractivity contribution is 0.0850. The number of hydrogen-bond acceptors (Lipinski definition) is 3. The van der Waals surface area contributed by atoms with E-state index in [0.717, 1.165) is 12.1 Å². The number of likely N-dealkylation sites (tertiary alicyclic amines) is 2. The van der Waals surface area contributed by atoms with E-state index >= 15 is 0 Å². The summed E-state index contributed by atoms with van der Waals surface area (Å²) in [6, 6.07) is 2.43. The molecule has 2 heterocycles. The van der Waals surface area contributed by atoms with Crippen molar-refractivity contribution in [2.45, 2.75) is 63.7 Å². The molecule has 0 aromatic heterocycles. The van der Waals surface area contributed by atoms with Gasteiger partial charge in [0, 0.05) is 30.7 Å². The first-order valence-electron chi connectivity index (χ1n) is 6.81. The van der Waals surface area contributed by atoms with Crippen LogP contribution in [0.4, 0.5) is 0 Å². The largest absolute Gasteiger partial charge is 0.327 e. The van der Waals surface area contributed by atoms with Crippen LogP contribution in [0.5, 0.6) is 0 Å². The molecular weight excluding hydrogens is 198 g/mol. The normalized spacial score (nSPS) is 40.1. The molecule has 2 rings (SSSR count). The second kappa shape index (κ2) is 5.03. The first kappa shape index (κ1) is 12.3. The third-order valence-corrected chi connectivity index (χ3v) is 4.53. The Morgan fingerprint density at radius 2 is 2.06 bits per heavy atom. The molecule has 0 aromatic rings. The van der Waals surface area contributed by atoms with E-state index in [9.17, 15) is 0 Å². The second-order valence-corrected chi connectivity index (χ2v) is 5.84. The summed E-state index contributed by atoms with van der Waals surface area (Å²) in [6.07, 6.45) is 5.34. The van der Waals surface area contributed by atoms with Gasteiger partial charge in [0.2, 0.25) is 0 Å². The van der Waals surface area contributed by atoms with Crippen molar-refractivity contribution in [3.8, 4) is 0 Å². The Hall–Kier alpha value is -0.120. The van der Waals surface area contributed by atoms with Gasteiger partial charge in [0.05, 0.1) is 0 Å². The van der Waals surface area contributed by atoms with Crippen molar-refractivity contribution in [1.82, 2.24) is 9.80 Å². The minimum Gasteiger partial charge on any atom is -0.327 e. The van der Waals surface area contributed by atoms with Gasteiger partial charge in [0.25, 0.3) is 0 Å². The maximum absolute atomic E-state index is 6.14. The molecule has 0 aromatic carbocycles. The quantitative estimate of drug-likeness (QED) is 0.768. The summed E-state index contributed by atoms with van der Waals surface area (Å²) in [5, 5.41) is 0. The molecule has 4 atom stereocenters. The van der Waals surface area contributed by atoms with E-state index in [2.05, 4.69) is 30.7 Å². The van der Waals surface area contributed by atoms with Gasteiger partial charge in [0.15, 0.2) is 0 Å². The lowest BCUT2D eigenvalue weighted by Gasteiger charge is -2.41. The summed E-state index contributed by atoms with van der Waals surface area (Å²) in [7, 11) is 2.25. The van der Waals surface area contributed by atoms with Crippen LogP contribution in [0.25, 0.3) is 0 Å². The second-order valence-electron chi connectivity index (χ2n) is 5.84. The van der Waals surface area contributed by atoms with Crippen molar-refractivity contribution in [3.05, 3.63) is 0 Å². The van der Waals surface area contributed by atoms with E-state index in [-0.39, 0.29) is 0 Å². The highest BCUT2D eigenvalue weighted by atomic mass is 15.3. The Bertz CT molecular complexity index is 219. The molecular formula is C13H27N3. The van der Waals surface area contributed by atoms with Gasteiger partial charge in [-0.3, -0.25) is 4.90 Å². The topological polar surface area (TPSA) is 32.5 Å². The molecule has 2 N–H and O–H groups in total. The summed E-state index contributed by atoms with van der Waals surface area (Å²) in [6.45, 7) is 7.00. The number of piperidine rings is 1. The maximum Gasteiger partial charge on any atom is 0.0247 e. The van der Waals surface area contributed by atoms with Crippen LogP contribution in [0.2, 0.25) is 0 Å². The van der Waals surface area contributed by atoms with Gasteiger partial charge in [-0.25, -0.2) is 0 Å². The van der Waals surface area contributed by atoms with Crippen LogP contribution < -0.4 is 5.73 Å². The summed E-state index contributed by atoms with van der Waals surface area (Å²) in [4.78, 5) is 5.19. The van der Waals surface area contributed by atoms with E-state index in [1.54, 1.807) is 0 Å². The average Bonchev–Trinajstić information content (AvgIpc) is 2.59. The number of nitrogens with zero attached hydrogens (tertiary/aromatic N) is 2. The first-order valence-corrected chi connectivity index (χ1v) is 6.81. The third-order valence-electron chi connectivity index (χ3n) is 4.53. The van der Waals surface area contributed by atoms with Gasteiger partial charge >= 0.3 is 0 Å². The molecule has 0 spiro atoms. The molecule has 2 aliphatic rings. The van der Waals surface area contributed by atoms with Crippen molar-refractivity contribution in [3.63, 3.8) is 0 Å². The monoisotopic (exact) mass is 225 g/mol. The first-order chi connectivity index (χ1) is 7.59. The number of hydrogen-bond donors (Lipinski definition) is 1. The maximum atomic E-state index is 6.14. The Kier molecular flexibility index (Phi) is 3.88. The summed E-state index contributed by atoms with van der Waals surface area (Å²) >= 11 is 0. The van der Waals surface area contributed by atoms with E-state index < -0.39 is 0 Å². The Balaban J connectivity index is 2.01. The lowest BCUT2D eigenvalue weighted by atomic mass is 9.94. The Morgan fingerprint density at radius 3 is 2.62 bits per heavy atom. The molecule has 2 saturated heterocycles. The van der Waals surface area contributed by atoms with E-state index in [4.69, 9.17) is 5.73 Å². The number of nitrogens with two attached hydrogens (primary N) is 1. The minimum absolute atomic E-state index is 0.321. The molecule has 0 bridgehead atoms.